The zero-order chi connectivity index (χ0) is 26.2. The minimum atomic E-state index is 0.372. The first-order valence-electron chi connectivity index (χ1n) is 12.6. The number of allylic oxidation sites excluding steroid dienone is 3. The first-order chi connectivity index (χ1) is 18.7. The molecule has 0 aliphatic heterocycles. The van der Waals surface area contributed by atoms with E-state index in [2.05, 4.69) is 45.7 Å². The van der Waals surface area contributed by atoms with E-state index in [1.165, 1.54) is 5.56 Å². The lowest BCUT2D eigenvalue weighted by atomic mass is 9.98. The fraction of sp³-hybridized carbons (Fsp3) is 0.267. The van der Waals surface area contributed by atoms with Crippen molar-refractivity contribution in [1.82, 2.24) is 14.8 Å². The Labute approximate surface area is 227 Å². The van der Waals surface area contributed by atoms with Crippen LogP contribution in [0, 0.1) is 5.92 Å². The number of thiazole rings is 1. The third kappa shape index (κ3) is 6.70. The molecule has 0 fully saturated rings. The van der Waals surface area contributed by atoms with Gasteiger partial charge in [-0.05, 0) is 59.9 Å². The molecule has 1 aliphatic carbocycles. The van der Waals surface area contributed by atoms with Gasteiger partial charge in [0, 0.05) is 30.9 Å². The molecular formula is C30H32N4O3S. The van der Waals surface area contributed by atoms with Crippen LogP contribution in [-0.4, -0.2) is 35.5 Å². The Bertz CT molecular complexity index is 1380. The van der Waals surface area contributed by atoms with E-state index in [1.807, 2.05) is 53.3 Å². The summed E-state index contributed by atoms with van der Waals surface area (Å²) in [6.07, 6.45) is 11.4. The van der Waals surface area contributed by atoms with Gasteiger partial charge in [-0.1, -0.05) is 36.4 Å². The standard InChI is InChI=1S/C30H32N4O3S/c1-35-28-8-3-6-24(16-28)19-33(18-23-10-12-27(13-11-23)34-15-5-14-31-34)30-32-26(22-38-30)21-37-20-25-7-4-9-29(17-25)36-2/h3-10,12-17,22-23H,11,18-21H2,1-2H3. The molecule has 0 N–H and O–H groups in total. The molecule has 4 aromatic rings. The van der Waals surface area contributed by atoms with Crippen LogP contribution in [0.2, 0.25) is 0 Å². The lowest BCUT2D eigenvalue weighted by molar-refractivity contribution is 0.105. The summed E-state index contributed by atoms with van der Waals surface area (Å²) in [5.74, 6) is 2.06. The van der Waals surface area contributed by atoms with Crippen LogP contribution in [-0.2, 0) is 24.5 Å². The Morgan fingerprint density at radius 1 is 1.00 bits per heavy atom. The molecule has 1 atom stereocenters. The Morgan fingerprint density at radius 2 is 1.79 bits per heavy atom. The molecule has 2 aromatic carbocycles. The van der Waals surface area contributed by atoms with E-state index in [0.29, 0.717) is 19.1 Å². The van der Waals surface area contributed by atoms with Crippen molar-refractivity contribution in [2.75, 3.05) is 25.7 Å². The van der Waals surface area contributed by atoms with Gasteiger partial charge in [-0.3, -0.25) is 0 Å². The fourth-order valence-corrected chi connectivity index (χ4v) is 5.23. The maximum atomic E-state index is 5.97. The van der Waals surface area contributed by atoms with Crippen LogP contribution >= 0.6 is 11.3 Å². The average molecular weight is 529 g/mol. The second kappa shape index (κ2) is 12.6. The molecule has 1 aliphatic rings. The average Bonchev–Trinajstić information content (AvgIpc) is 3.67. The highest BCUT2D eigenvalue weighted by atomic mass is 32.1. The van der Waals surface area contributed by atoms with Crippen molar-refractivity contribution >= 4 is 22.2 Å². The molecule has 0 saturated heterocycles. The highest BCUT2D eigenvalue weighted by Gasteiger charge is 2.19. The van der Waals surface area contributed by atoms with E-state index in [9.17, 15) is 0 Å². The number of aromatic nitrogens is 3. The number of nitrogens with zero attached hydrogens (tertiary/aromatic N) is 4. The molecule has 1 unspecified atom stereocenters. The van der Waals surface area contributed by atoms with Crippen molar-refractivity contribution in [2.24, 2.45) is 5.92 Å². The summed E-state index contributed by atoms with van der Waals surface area (Å²) < 4.78 is 18.6. The number of benzene rings is 2. The molecule has 196 valence electrons. The van der Waals surface area contributed by atoms with Gasteiger partial charge in [0.2, 0.25) is 0 Å². The Hall–Kier alpha value is -3.88. The summed E-state index contributed by atoms with van der Waals surface area (Å²) in [4.78, 5) is 7.30. The molecule has 7 nitrogen and oxygen atoms in total. The number of hydrogen-bond donors (Lipinski definition) is 0. The predicted molar refractivity (Wildman–Crippen MR) is 151 cm³/mol. The summed E-state index contributed by atoms with van der Waals surface area (Å²) in [6, 6.07) is 18.1. The van der Waals surface area contributed by atoms with E-state index in [0.717, 1.165) is 53.1 Å². The van der Waals surface area contributed by atoms with Gasteiger partial charge < -0.3 is 19.1 Å². The Morgan fingerprint density at radius 3 is 2.50 bits per heavy atom. The predicted octanol–water partition coefficient (Wildman–Crippen LogP) is 6.20. The van der Waals surface area contributed by atoms with Gasteiger partial charge in [0.05, 0.1) is 38.8 Å². The van der Waals surface area contributed by atoms with Crippen LogP contribution in [0.15, 0.2) is 90.6 Å². The Balaban J connectivity index is 1.26. The lowest BCUT2D eigenvalue weighted by Gasteiger charge is -2.27. The van der Waals surface area contributed by atoms with E-state index >= 15 is 0 Å². The lowest BCUT2D eigenvalue weighted by Crippen LogP contribution is -2.29. The molecule has 0 saturated carbocycles. The van der Waals surface area contributed by atoms with Crippen molar-refractivity contribution in [3.8, 4) is 11.5 Å². The summed E-state index contributed by atoms with van der Waals surface area (Å²) in [5, 5.41) is 7.43. The first-order valence-corrected chi connectivity index (χ1v) is 13.5. The molecule has 2 aromatic heterocycles. The van der Waals surface area contributed by atoms with Gasteiger partial charge in [-0.25, -0.2) is 9.67 Å². The smallest absolute Gasteiger partial charge is 0.185 e. The van der Waals surface area contributed by atoms with E-state index in [-0.39, 0.29) is 0 Å². The van der Waals surface area contributed by atoms with Gasteiger partial charge in [-0.15, -0.1) is 11.3 Å². The number of hydrogen-bond acceptors (Lipinski definition) is 7. The second-order valence-corrected chi connectivity index (χ2v) is 9.97. The zero-order valence-electron chi connectivity index (χ0n) is 21.7. The van der Waals surface area contributed by atoms with Gasteiger partial charge in [0.25, 0.3) is 0 Å². The summed E-state index contributed by atoms with van der Waals surface area (Å²) >= 11 is 1.66. The van der Waals surface area contributed by atoms with Crippen molar-refractivity contribution in [3.63, 3.8) is 0 Å². The van der Waals surface area contributed by atoms with E-state index in [1.54, 1.807) is 31.8 Å². The SMILES string of the molecule is COc1cccc(COCc2csc(N(Cc3cccc(OC)c3)CC3C=CC(n4cccn4)=CC3)n2)c1. The van der Waals surface area contributed by atoms with Crippen LogP contribution < -0.4 is 14.4 Å². The molecular weight excluding hydrogens is 496 g/mol. The van der Waals surface area contributed by atoms with Crippen LogP contribution in [0.1, 0.15) is 23.2 Å². The quantitative estimate of drug-likeness (QED) is 0.218. The third-order valence-corrected chi connectivity index (χ3v) is 7.31. The van der Waals surface area contributed by atoms with Crippen molar-refractivity contribution < 1.29 is 14.2 Å². The van der Waals surface area contributed by atoms with Gasteiger partial charge in [-0.2, -0.15) is 5.10 Å². The van der Waals surface area contributed by atoms with Crippen molar-refractivity contribution in [3.05, 3.63) is 107 Å². The fourth-order valence-electron chi connectivity index (χ4n) is 4.41. The number of ether oxygens (including phenoxy) is 3. The zero-order valence-corrected chi connectivity index (χ0v) is 22.5. The molecule has 0 bridgehead atoms. The highest BCUT2D eigenvalue weighted by molar-refractivity contribution is 7.13. The Kier molecular flexibility index (Phi) is 8.53. The first kappa shape index (κ1) is 25.8. The van der Waals surface area contributed by atoms with E-state index < -0.39 is 0 Å². The molecule has 8 heteroatoms. The maximum absolute atomic E-state index is 5.97. The van der Waals surface area contributed by atoms with Crippen LogP contribution in [0.4, 0.5) is 5.13 Å². The van der Waals surface area contributed by atoms with Crippen LogP contribution in [0.25, 0.3) is 5.70 Å². The molecule has 0 amide bonds. The minimum absolute atomic E-state index is 0.372. The number of rotatable bonds is 12. The molecule has 5 rings (SSSR count). The molecule has 0 spiro atoms. The molecule has 0 radical (unpaired) electrons. The van der Waals surface area contributed by atoms with Crippen LogP contribution in [0.3, 0.4) is 0 Å². The van der Waals surface area contributed by atoms with Gasteiger partial charge in [0.15, 0.2) is 5.13 Å². The highest BCUT2D eigenvalue weighted by Crippen LogP contribution is 2.28. The summed E-state index contributed by atoms with van der Waals surface area (Å²) in [7, 11) is 3.37. The van der Waals surface area contributed by atoms with Gasteiger partial charge in [0.1, 0.15) is 11.5 Å². The number of anilines is 1. The third-order valence-electron chi connectivity index (χ3n) is 6.36. The molecule has 2 heterocycles. The minimum Gasteiger partial charge on any atom is -0.497 e. The van der Waals surface area contributed by atoms with Crippen molar-refractivity contribution in [1.29, 1.82) is 0 Å². The summed E-state index contributed by atoms with van der Waals surface area (Å²) in [5.41, 5.74) is 4.30. The normalized spacial score (nSPS) is 14.8. The monoisotopic (exact) mass is 528 g/mol. The van der Waals surface area contributed by atoms with E-state index in [4.69, 9.17) is 19.2 Å². The maximum Gasteiger partial charge on any atom is 0.185 e. The van der Waals surface area contributed by atoms with Gasteiger partial charge >= 0.3 is 0 Å². The number of methoxy groups -OCH3 is 2. The van der Waals surface area contributed by atoms with Crippen LogP contribution in [0.5, 0.6) is 11.5 Å². The second-order valence-electron chi connectivity index (χ2n) is 9.13. The van der Waals surface area contributed by atoms with Crippen molar-refractivity contribution in [2.45, 2.75) is 26.2 Å². The largest absolute Gasteiger partial charge is 0.497 e. The topological polar surface area (TPSA) is 61.6 Å². The molecule has 38 heavy (non-hydrogen) atoms. The summed E-state index contributed by atoms with van der Waals surface area (Å²) in [6.45, 7) is 2.57.